The summed E-state index contributed by atoms with van der Waals surface area (Å²) in [6.45, 7) is 0. The summed E-state index contributed by atoms with van der Waals surface area (Å²) in [7, 11) is 1.33. The Labute approximate surface area is 161 Å². The third-order valence-corrected chi connectivity index (χ3v) is 4.88. The summed E-state index contributed by atoms with van der Waals surface area (Å²) in [6, 6.07) is 11.1. The Hall–Kier alpha value is -3.86. The van der Waals surface area contributed by atoms with Crippen LogP contribution in [0.4, 0.5) is 11.4 Å². The molecule has 0 atom stereocenters. The number of amides is 1. The van der Waals surface area contributed by atoms with Crippen LogP contribution in [-0.4, -0.2) is 37.8 Å². The van der Waals surface area contributed by atoms with Gasteiger partial charge in [-0.3, -0.25) is 14.9 Å². The molecule has 0 fully saturated rings. The molecular formula is C17H12N6O4S. The van der Waals surface area contributed by atoms with E-state index < -0.39 is 10.8 Å². The molecule has 2 aromatic heterocycles. The van der Waals surface area contributed by atoms with Crippen LogP contribution in [-0.2, 0) is 0 Å². The van der Waals surface area contributed by atoms with Crippen LogP contribution in [0.5, 0.6) is 5.75 Å². The monoisotopic (exact) mass is 396 g/mol. The number of anilines is 1. The first-order valence-corrected chi connectivity index (χ1v) is 8.78. The molecule has 1 N–H and O–H groups in total. The first-order chi connectivity index (χ1) is 13.5. The quantitative estimate of drug-likeness (QED) is 0.406. The molecule has 11 heteroatoms. The summed E-state index contributed by atoms with van der Waals surface area (Å²) in [4.78, 5) is 23.6. The third-order valence-electron chi connectivity index (χ3n) is 3.91. The van der Waals surface area contributed by atoms with Crippen LogP contribution < -0.4 is 10.1 Å². The lowest BCUT2D eigenvalue weighted by atomic mass is 10.1. The number of nitrogens with zero attached hydrogens (tertiary/aromatic N) is 5. The molecule has 0 aliphatic heterocycles. The molecule has 10 nitrogen and oxygen atoms in total. The van der Waals surface area contributed by atoms with Crippen molar-refractivity contribution in [1.29, 1.82) is 0 Å². The molecular weight excluding hydrogens is 384 g/mol. The van der Waals surface area contributed by atoms with Gasteiger partial charge in [-0.25, -0.2) is 0 Å². The van der Waals surface area contributed by atoms with Gasteiger partial charge in [0.25, 0.3) is 5.91 Å². The van der Waals surface area contributed by atoms with Crippen molar-refractivity contribution in [3.8, 4) is 16.3 Å². The predicted molar refractivity (Wildman–Crippen MR) is 102 cm³/mol. The second-order valence-electron chi connectivity index (χ2n) is 5.64. The van der Waals surface area contributed by atoms with Crippen LogP contribution in [0.1, 0.15) is 10.4 Å². The minimum atomic E-state index is -0.592. The number of nitro benzene ring substituents is 1. The lowest BCUT2D eigenvalue weighted by Gasteiger charge is -2.07. The van der Waals surface area contributed by atoms with Crippen molar-refractivity contribution >= 4 is 33.6 Å². The fourth-order valence-corrected chi connectivity index (χ4v) is 3.37. The Morgan fingerprint density at radius 3 is 2.71 bits per heavy atom. The summed E-state index contributed by atoms with van der Waals surface area (Å²) in [5.74, 6) is -0.367. The van der Waals surface area contributed by atoms with E-state index in [0.29, 0.717) is 10.6 Å². The number of methoxy groups -OCH3 is 1. The number of carbonyl (C=O) groups is 1. The first kappa shape index (κ1) is 17.5. The maximum atomic E-state index is 12.4. The minimum absolute atomic E-state index is 0.0934. The van der Waals surface area contributed by atoms with Gasteiger partial charge in [0, 0.05) is 22.9 Å². The number of aromatic nitrogens is 4. The zero-order chi connectivity index (χ0) is 19.7. The topological polar surface area (TPSA) is 125 Å². The zero-order valence-corrected chi connectivity index (χ0v) is 15.2. The SMILES string of the molecule is COc1ccc(C(=O)Nc2ccc(-c3nn4cnnc4s3)cc2)cc1[N+](=O)[O-]. The molecule has 140 valence electrons. The van der Waals surface area contributed by atoms with E-state index in [0.717, 1.165) is 10.6 Å². The highest BCUT2D eigenvalue weighted by atomic mass is 32.1. The maximum Gasteiger partial charge on any atom is 0.311 e. The number of benzene rings is 2. The molecule has 2 aromatic carbocycles. The molecule has 4 rings (SSSR count). The van der Waals surface area contributed by atoms with Crippen LogP contribution in [0.25, 0.3) is 15.5 Å². The van der Waals surface area contributed by atoms with Crippen LogP contribution in [0, 0.1) is 10.1 Å². The summed E-state index contributed by atoms with van der Waals surface area (Å²) >= 11 is 1.40. The van der Waals surface area contributed by atoms with Gasteiger partial charge < -0.3 is 10.1 Å². The van der Waals surface area contributed by atoms with Crippen molar-refractivity contribution in [3.05, 3.63) is 64.5 Å². The zero-order valence-electron chi connectivity index (χ0n) is 14.4. The van der Waals surface area contributed by atoms with Gasteiger partial charge in [-0.15, -0.1) is 10.2 Å². The maximum absolute atomic E-state index is 12.4. The minimum Gasteiger partial charge on any atom is -0.490 e. The second kappa shape index (κ2) is 7.04. The van der Waals surface area contributed by atoms with E-state index in [9.17, 15) is 14.9 Å². The standard InChI is InChI=1S/C17H12N6O4S/c1-27-14-7-4-11(8-13(14)23(25)26)15(24)19-12-5-2-10(3-6-12)16-21-22-9-18-20-17(22)28-16/h2-9H,1H3,(H,19,24). The van der Waals surface area contributed by atoms with Gasteiger partial charge in [0.15, 0.2) is 5.75 Å². The summed E-state index contributed by atoms with van der Waals surface area (Å²) in [5.41, 5.74) is 1.31. The van der Waals surface area contributed by atoms with Crippen molar-refractivity contribution in [3.63, 3.8) is 0 Å². The average molecular weight is 396 g/mol. The van der Waals surface area contributed by atoms with Crippen LogP contribution >= 0.6 is 11.3 Å². The van der Waals surface area contributed by atoms with E-state index in [1.165, 1.54) is 43.0 Å². The lowest BCUT2D eigenvalue weighted by Crippen LogP contribution is -2.12. The molecule has 0 saturated carbocycles. The van der Waals surface area contributed by atoms with E-state index in [1.807, 2.05) is 12.1 Å². The number of carbonyl (C=O) groups excluding carboxylic acids is 1. The van der Waals surface area contributed by atoms with E-state index in [2.05, 4.69) is 20.6 Å². The van der Waals surface area contributed by atoms with Crippen LogP contribution in [0.3, 0.4) is 0 Å². The second-order valence-corrected chi connectivity index (χ2v) is 6.60. The molecule has 0 radical (unpaired) electrons. The first-order valence-electron chi connectivity index (χ1n) is 7.96. The largest absolute Gasteiger partial charge is 0.490 e. The predicted octanol–water partition coefficient (Wildman–Crippen LogP) is 3.02. The molecule has 0 spiro atoms. The fourth-order valence-electron chi connectivity index (χ4n) is 2.55. The number of ether oxygens (including phenoxy) is 1. The number of fused-ring (bicyclic) bond motifs is 1. The molecule has 0 bridgehead atoms. The van der Waals surface area contributed by atoms with Crippen molar-refractivity contribution in [2.75, 3.05) is 12.4 Å². The van der Waals surface area contributed by atoms with E-state index >= 15 is 0 Å². The van der Waals surface area contributed by atoms with Gasteiger partial charge in [-0.2, -0.15) is 9.61 Å². The highest BCUT2D eigenvalue weighted by Crippen LogP contribution is 2.28. The van der Waals surface area contributed by atoms with E-state index in [4.69, 9.17) is 4.74 Å². The van der Waals surface area contributed by atoms with Crippen molar-refractivity contribution < 1.29 is 14.5 Å². The van der Waals surface area contributed by atoms with Crippen molar-refractivity contribution in [1.82, 2.24) is 19.8 Å². The molecule has 0 saturated heterocycles. The molecule has 0 aliphatic carbocycles. The normalized spacial score (nSPS) is 10.8. The molecule has 4 aromatic rings. The van der Waals surface area contributed by atoms with Gasteiger partial charge in [-0.05, 0) is 36.4 Å². The summed E-state index contributed by atoms with van der Waals surface area (Å²) < 4.78 is 6.53. The van der Waals surface area contributed by atoms with Crippen molar-refractivity contribution in [2.45, 2.75) is 0 Å². The average Bonchev–Trinajstić information content (AvgIpc) is 3.30. The molecule has 28 heavy (non-hydrogen) atoms. The molecule has 0 aliphatic rings. The smallest absolute Gasteiger partial charge is 0.311 e. The molecule has 0 unspecified atom stereocenters. The highest BCUT2D eigenvalue weighted by molar-refractivity contribution is 7.19. The Morgan fingerprint density at radius 1 is 1.25 bits per heavy atom. The Morgan fingerprint density at radius 2 is 2.04 bits per heavy atom. The van der Waals surface area contributed by atoms with Crippen LogP contribution in [0.15, 0.2) is 48.8 Å². The van der Waals surface area contributed by atoms with Gasteiger partial charge in [0.2, 0.25) is 4.96 Å². The van der Waals surface area contributed by atoms with Gasteiger partial charge in [-0.1, -0.05) is 11.3 Å². The number of hydrogen-bond acceptors (Lipinski definition) is 8. The number of nitrogens with one attached hydrogen (secondary N) is 1. The highest BCUT2D eigenvalue weighted by Gasteiger charge is 2.18. The third kappa shape index (κ3) is 3.25. The lowest BCUT2D eigenvalue weighted by molar-refractivity contribution is -0.385. The molecule has 2 heterocycles. The van der Waals surface area contributed by atoms with E-state index in [1.54, 1.807) is 16.6 Å². The summed E-state index contributed by atoms with van der Waals surface area (Å²) in [5, 5.41) is 26.7. The van der Waals surface area contributed by atoms with Crippen LogP contribution in [0.2, 0.25) is 0 Å². The van der Waals surface area contributed by atoms with E-state index in [-0.39, 0.29) is 17.0 Å². The van der Waals surface area contributed by atoms with Crippen molar-refractivity contribution in [2.24, 2.45) is 0 Å². The number of nitro groups is 1. The van der Waals surface area contributed by atoms with Gasteiger partial charge >= 0.3 is 5.69 Å². The van der Waals surface area contributed by atoms with Gasteiger partial charge in [0.05, 0.1) is 12.0 Å². The van der Waals surface area contributed by atoms with Gasteiger partial charge in [0.1, 0.15) is 11.3 Å². The molecule has 1 amide bonds. The Kier molecular flexibility index (Phi) is 4.41. The number of rotatable bonds is 5. The Balaban J connectivity index is 1.52. The fraction of sp³-hybridized carbons (Fsp3) is 0.0588. The Bertz CT molecular complexity index is 1160. The number of hydrogen-bond donors (Lipinski definition) is 1. The summed E-state index contributed by atoms with van der Waals surface area (Å²) in [6.07, 6.45) is 1.53.